The van der Waals surface area contributed by atoms with Gasteiger partial charge in [0.25, 0.3) is 5.91 Å². The van der Waals surface area contributed by atoms with Crippen molar-refractivity contribution < 1.29 is 14.6 Å². The molecule has 0 aliphatic carbocycles. The van der Waals surface area contributed by atoms with Crippen molar-refractivity contribution in [3.05, 3.63) is 41.7 Å². The summed E-state index contributed by atoms with van der Waals surface area (Å²) >= 11 is 0. The van der Waals surface area contributed by atoms with E-state index in [1.54, 1.807) is 38.1 Å². The maximum atomic E-state index is 12.7. The summed E-state index contributed by atoms with van der Waals surface area (Å²) in [6.45, 7) is 5.98. The lowest BCUT2D eigenvalue weighted by Gasteiger charge is -2.32. The van der Waals surface area contributed by atoms with Crippen molar-refractivity contribution in [1.29, 1.82) is 0 Å². The van der Waals surface area contributed by atoms with Gasteiger partial charge < -0.3 is 24.4 Å². The molecule has 2 atom stereocenters. The lowest BCUT2D eigenvalue weighted by Crippen LogP contribution is -2.41. The predicted octanol–water partition coefficient (Wildman–Crippen LogP) is 1.93. The van der Waals surface area contributed by atoms with Crippen LogP contribution in [0.15, 0.2) is 30.6 Å². The highest BCUT2D eigenvalue weighted by Crippen LogP contribution is 2.35. The fourth-order valence-corrected chi connectivity index (χ4v) is 4.16. The summed E-state index contributed by atoms with van der Waals surface area (Å²) in [6, 6.07) is 3.60. The Bertz CT molecular complexity index is 981. The first-order valence-electron chi connectivity index (χ1n) is 10.4. The highest BCUT2D eigenvalue weighted by Gasteiger charge is 2.30. The lowest BCUT2D eigenvalue weighted by atomic mass is 9.82. The molecule has 1 fully saturated rings. The first kappa shape index (κ1) is 20.6. The number of ether oxygens (including phenoxy) is 1. The summed E-state index contributed by atoms with van der Waals surface area (Å²) in [5, 5.41) is 10.3. The Morgan fingerprint density at radius 2 is 2.17 bits per heavy atom. The average molecular weight is 409 g/mol. The Labute approximate surface area is 177 Å². The summed E-state index contributed by atoms with van der Waals surface area (Å²) in [4.78, 5) is 28.0. The van der Waals surface area contributed by atoms with Crippen LogP contribution in [0.5, 0.6) is 0 Å². The molecule has 0 saturated carbocycles. The Kier molecular flexibility index (Phi) is 5.66. The monoisotopic (exact) mass is 409 g/mol. The van der Waals surface area contributed by atoms with Gasteiger partial charge in [-0.25, -0.2) is 4.98 Å². The van der Waals surface area contributed by atoms with Crippen LogP contribution in [0.4, 0.5) is 5.82 Å². The molecule has 1 N–H and O–H groups in total. The zero-order valence-electron chi connectivity index (χ0n) is 17.9. The molecular weight excluding hydrogens is 381 g/mol. The molecule has 0 spiro atoms. The third kappa shape index (κ3) is 3.87. The number of amides is 1. The van der Waals surface area contributed by atoms with Gasteiger partial charge in [0.1, 0.15) is 5.82 Å². The number of hydrogen-bond donors (Lipinski definition) is 1. The van der Waals surface area contributed by atoms with E-state index in [2.05, 4.69) is 16.8 Å². The standard InChI is InChI=1S/C21H28BN5O3/c1-14-13-26(8-9-30-14)19-12-23-17-11-15(21(28)25(3)4)10-16(20(17)24-19)18-6-5-7-27(18)22(2)29/h5,7,10-12,14,18,29H,6,8-9,13H2,1-4H3/t14-,18?/m1/s1. The zero-order chi connectivity index (χ0) is 21.4. The van der Waals surface area contributed by atoms with Crippen molar-refractivity contribution in [3.63, 3.8) is 0 Å². The fraction of sp³-hybridized carbons (Fsp3) is 0.476. The molecule has 1 aromatic carbocycles. The highest BCUT2D eigenvalue weighted by atomic mass is 16.5. The number of carbonyl (C=O) groups excluding carboxylic acids is 1. The van der Waals surface area contributed by atoms with Crippen LogP contribution in [0, 0.1) is 0 Å². The van der Waals surface area contributed by atoms with Crippen LogP contribution in [0.2, 0.25) is 6.82 Å². The van der Waals surface area contributed by atoms with Crippen LogP contribution in [0.3, 0.4) is 0 Å². The summed E-state index contributed by atoms with van der Waals surface area (Å²) < 4.78 is 5.65. The van der Waals surface area contributed by atoms with E-state index in [4.69, 9.17) is 9.72 Å². The van der Waals surface area contributed by atoms with Crippen molar-refractivity contribution in [3.8, 4) is 0 Å². The summed E-state index contributed by atoms with van der Waals surface area (Å²) in [5.74, 6) is 0.723. The van der Waals surface area contributed by atoms with Gasteiger partial charge in [-0.3, -0.25) is 9.78 Å². The van der Waals surface area contributed by atoms with Crippen LogP contribution >= 0.6 is 0 Å². The van der Waals surface area contributed by atoms with Gasteiger partial charge in [-0.1, -0.05) is 6.08 Å². The summed E-state index contributed by atoms with van der Waals surface area (Å²) in [5.41, 5.74) is 2.92. The molecule has 8 nitrogen and oxygen atoms in total. The topological polar surface area (TPSA) is 82.0 Å². The van der Waals surface area contributed by atoms with Gasteiger partial charge in [-0.15, -0.1) is 0 Å². The maximum Gasteiger partial charge on any atom is 0.409 e. The molecule has 158 valence electrons. The van der Waals surface area contributed by atoms with Crippen LogP contribution in [0.1, 0.15) is 35.3 Å². The van der Waals surface area contributed by atoms with Gasteiger partial charge >= 0.3 is 7.05 Å². The van der Waals surface area contributed by atoms with Crippen LogP contribution in [-0.2, 0) is 4.74 Å². The highest BCUT2D eigenvalue weighted by molar-refractivity contribution is 6.45. The first-order chi connectivity index (χ1) is 14.3. The fourth-order valence-electron chi connectivity index (χ4n) is 4.16. The third-order valence-corrected chi connectivity index (χ3v) is 5.67. The second-order valence-corrected chi connectivity index (χ2v) is 8.20. The Balaban J connectivity index is 1.83. The molecule has 1 amide bonds. The van der Waals surface area contributed by atoms with Crippen molar-refractivity contribution in [2.24, 2.45) is 0 Å². The van der Waals surface area contributed by atoms with E-state index in [1.165, 1.54) is 0 Å². The Morgan fingerprint density at radius 1 is 1.37 bits per heavy atom. The summed E-state index contributed by atoms with van der Waals surface area (Å²) in [6.07, 6.45) is 6.58. The molecule has 1 saturated heterocycles. The average Bonchev–Trinajstić information content (AvgIpc) is 3.22. The van der Waals surface area contributed by atoms with E-state index in [1.807, 2.05) is 23.2 Å². The molecule has 3 heterocycles. The minimum atomic E-state index is -0.645. The smallest absolute Gasteiger partial charge is 0.409 e. The van der Waals surface area contributed by atoms with Crippen molar-refractivity contribution in [1.82, 2.24) is 19.7 Å². The molecule has 9 heteroatoms. The molecule has 2 aromatic rings. The SMILES string of the molecule is CB(O)N1C=CCC1c1cc(C(=O)N(C)C)cc2ncc(N3CCO[C@H](C)C3)nc12. The van der Waals surface area contributed by atoms with E-state index in [9.17, 15) is 9.82 Å². The number of carbonyl (C=O) groups is 1. The second kappa shape index (κ2) is 8.24. The minimum absolute atomic E-state index is 0.0828. The zero-order valence-corrected chi connectivity index (χ0v) is 17.9. The van der Waals surface area contributed by atoms with Crippen molar-refractivity contribution in [2.75, 3.05) is 38.7 Å². The van der Waals surface area contributed by atoms with Crippen LogP contribution in [0.25, 0.3) is 11.0 Å². The second-order valence-electron chi connectivity index (χ2n) is 8.20. The summed E-state index contributed by atoms with van der Waals surface area (Å²) in [7, 11) is 2.83. The van der Waals surface area contributed by atoms with E-state index in [0.717, 1.165) is 36.4 Å². The molecule has 1 aromatic heterocycles. The van der Waals surface area contributed by atoms with Gasteiger partial charge in [-0.05, 0) is 38.5 Å². The van der Waals surface area contributed by atoms with Gasteiger partial charge in [-0.2, -0.15) is 0 Å². The van der Waals surface area contributed by atoms with Crippen LogP contribution in [-0.4, -0.2) is 77.6 Å². The molecule has 4 rings (SSSR count). The largest absolute Gasteiger partial charge is 0.432 e. The Morgan fingerprint density at radius 3 is 2.87 bits per heavy atom. The van der Waals surface area contributed by atoms with E-state index in [-0.39, 0.29) is 18.1 Å². The van der Waals surface area contributed by atoms with Crippen molar-refractivity contribution in [2.45, 2.75) is 32.3 Å². The number of fused-ring (bicyclic) bond motifs is 1. The van der Waals surface area contributed by atoms with Gasteiger partial charge in [0.2, 0.25) is 0 Å². The van der Waals surface area contributed by atoms with E-state index < -0.39 is 7.05 Å². The van der Waals surface area contributed by atoms with Gasteiger partial charge in [0.05, 0.1) is 29.9 Å². The molecule has 2 aliphatic heterocycles. The number of aromatic nitrogens is 2. The number of morpholine rings is 1. The van der Waals surface area contributed by atoms with E-state index in [0.29, 0.717) is 17.7 Å². The van der Waals surface area contributed by atoms with Crippen LogP contribution < -0.4 is 4.90 Å². The first-order valence-corrected chi connectivity index (χ1v) is 10.4. The molecule has 0 bridgehead atoms. The van der Waals surface area contributed by atoms with Gasteiger partial charge in [0, 0.05) is 44.4 Å². The predicted molar refractivity (Wildman–Crippen MR) is 117 cm³/mol. The number of benzene rings is 1. The quantitative estimate of drug-likeness (QED) is 0.773. The number of nitrogens with zero attached hydrogens (tertiary/aromatic N) is 5. The van der Waals surface area contributed by atoms with E-state index >= 15 is 0 Å². The number of rotatable bonds is 4. The molecule has 30 heavy (non-hydrogen) atoms. The maximum absolute atomic E-state index is 12.7. The lowest BCUT2D eigenvalue weighted by molar-refractivity contribution is 0.0529. The Hall–Kier alpha value is -2.65. The number of hydrogen-bond acceptors (Lipinski definition) is 7. The molecular formula is C21H28BN5O3. The molecule has 2 aliphatic rings. The number of anilines is 1. The normalized spacial score (nSPS) is 21.4. The molecule has 1 unspecified atom stereocenters. The van der Waals surface area contributed by atoms with Gasteiger partial charge in [0.15, 0.2) is 0 Å². The minimum Gasteiger partial charge on any atom is -0.432 e. The van der Waals surface area contributed by atoms with Crippen molar-refractivity contribution >= 4 is 29.8 Å². The third-order valence-electron chi connectivity index (χ3n) is 5.67. The molecule has 0 radical (unpaired) electrons.